The summed E-state index contributed by atoms with van der Waals surface area (Å²) in [7, 11) is 1.51. The molecule has 5 nitrogen and oxygen atoms in total. The molecule has 5 heteroatoms. The molecular weight excluding hydrogens is 244 g/mol. The Balaban J connectivity index is 2.12. The average Bonchev–Trinajstić information content (AvgIpc) is 2.93. The number of nitrogens with two attached hydrogens (primary N) is 1. The number of benzene rings is 1. The molecule has 1 aromatic carbocycles. The van der Waals surface area contributed by atoms with Crippen LogP contribution in [0.5, 0.6) is 5.75 Å². The summed E-state index contributed by atoms with van der Waals surface area (Å²) in [4.78, 5) is 12.1. The number of nitrogens with one attached hydrogen (secondary N) is 1. The molecule has 1 unspecified atom stereocenters. The number of hydrogen-bond donors (Lipinski definition) is 2. The van der Waals surface area contributed by atoms with Crippen LogP contribution in [-0.2, 0) is 0 Å². The van der Waals surface area contributed by atoms with Crippen molar-refractivity contribution in [2.24, 2.45) is 0 Å². The Kier molecular flexibility index (Phi) is 3.75. The highest BCUT2D eigenvalue weighted by Gasteiger charge is 2.14. The smallest absolute Gasteiger partial charge is 0.251 e. The van der Waals surface area contributed by atoms with Crippen LogP contribution in [0.25, 0.3) is 0 Å². The molecule has 0 aliphatic rings. The minimum atomic E-state index is -0.206. The minimum Gasteiger partial charge on any atom is -0.495 e. The lowest BCUT2D eigenvalue weighted by Gasteiger charge is -2.12. The second-order valence-corrected chi connectivity index (χ2v) is 4.17. The van der Waals surface area contributed by atoms with E-state index in [1.165, 1.54) is 7.11 Å². The number of ether oxygens (including phenoxy) is 1. The monoisotopic (exact) mass is 260 g/mol. The van der Waals surface area contributed by atoms with Crippen LogP contribution in [0.2, 0.25) is 0 Å². The van der Waals surface area contributed by atoms with Crippen molar-refractivity contribution in [3.05, 3.63) is 47.9 Å². The van der Waals surface area contributed by atoms with Crippen molar-refractivity contribution in [3.8, 4) is 5.75 Å². The third kappa shape index (κ3) is 2.88. The largest absolute Gasteiger partial charge is 0.495 e. The van der Waals surface area contributed by atoms with Gasteiger partial charge in [-0.15, -0.1) is 0 Å². The molecule has 0 aliphatic carbocycles. The van der Waals surface area contributed by atoms with Crippen molar-refractivity contribution in [2.45, 2.75) is 13.0 Å². The van der Waals surface area contributed by atoms with Crippen LogP contribution >= 0.6 is 0 Å². The maximum Gasteiger partial charge on any atom is 0.251 e. The molecule has 1 amide bonds. The maximum atomic E-state index is 12.1. The van der Waals surface area contributed by atoms with E-state index in [4.69, 9.17) is 14.9 Å². The van der Waals surface area contributed by atoms with Gasteiger partial charge in [-0.25, -0.2) is 0 Å². The van der Waals surface area contributed by atoms with E-state index < -0.39 is 0 Å². The highest BCUT2D eigenvalue weighted by atomic mass is 16.5. The zero-order chi connectivity index (χ0) is 13.8. The first-order valence-electron chi connectivity index (χ1n) is 5.89. The van der Waals surface area contributed by atoms with Crippen molar-refractivity contribution in [2.75, 3.05) is 12.8 Å². The SMILES string of the molecule is COc1cc(C(=O)NC(C)c2ccco2)ccc1N. The van der Waals surface area contributed by atoms with E-state index in [1.54, 1.807) is 30.5 Å². The van der Waals surface area contributed by atoms with Gasteiger partial charge in [0.25, 0.3) is 5.91 Å². The molecule has 0 aliphatic heterocycles. The minimum absolute atomic E-state index is 0.203. The summed E-state index contributed by atoms with van der Waals surface area (Å²) in [6.07, 6.45) is 1.57. The van der Waals surface area contributed by atoms with E-state index in [0.29, 0.717) is 22.8 Å². The number of hydrogen-bond acceptors (Lipinski definition) is 4. The van der Waals surface area contributed by atoms with Crippen molar-refractivity contribution < 1.29 is 13.9 Å². The van der Waals surface area contributed by atoms with Crippen LogP contribution in [0.3, 0.4) is 0 Å². The molecule has 0 spiro atoms. The van der Waals surface area contributed by atoms with E-state index in [-0.39, 0.29) is 11.9 Å². The highest BCUT2D eigenvalue weighted by Crippen LogP contribution is 2.22. The van der Waals surface area contributed by atoms with Gasteiger partial charge in [0.15, 0.2) is 0 Å². The summed E-state index contributed by atoms with van der Waals surface area (Å²) < 4.78 is 10.3. The van der Waals surface area contributed by atoms with Gasteiger partial charge in [-0.3, -0.25) is 4.79 Å². The molecule has 1 aromatic heterocycles. The number of nitrogen functional groups attached to an aromatic ring is 1. The molecule has 100 valence electrons. The number of anilines is 1. The zero-order valence-electron chi connectivity index (χ0n) is 10.8. The number of amides is 1. The van der Waals surface area contributed by atoms with E-state index in [2.05, 4.69) is 5.32 Å². The van der Waals surface area contributed by atoms with Crippen LogP contribution in [0.15, 0.2) is 41.0 Å². The Bertz CT molecular complexity index is 564. The lowest BCUT2D eigenvalue weighted by Crippen LogP contribution is -2.26. The fourth-order valence-electron chi connectivity index (χ4n) is 1.74. The Labute approximate surface area is 111 Å². The first kappa shape index (κ1) is 13.0. The number of rotatable bonds is 4. The molecule has 0 saturated carbocycles. The molecule has 2 rings (SSSR count). The molecule has 1 atom stereocenters. The molecule has 1 heterocycles. The van der Waals surface area contributed by atoms with Gasteiger partial charge in [0.1, 0.15) is 11.5 Å². The first-order chi connectivity index (χ1) is 9.11. The predicted molar refractivity (Wildman–Crippen MR) is 72.0 cm³/mol. The van der Waals surface area contributed by atoms with Gasteiger partial charge in [0.05, 0.1) is 25.1 Å². The van der Waals surface area contributed by atoms with Gasteiger partial charge in [0, 0.05) is 5.56 Å². The molecule has 19 heavy (non-hydrogen) atoms. The molecule has 0 radical (unpaired) electrons. The summed E-state index contributed by atoms with van der Waals surface area (Å²) in [6, 6.07) is 8.30. The Morgan fingerprint density at radius 3 is 2.84 bits per heavy atom. The topological polar surface area (TPSA) is 77.5 Å². The fourth-order valence-corrected chi connectivity index (χ4v) is 1.74. The van der Waals surface area contributed by atoms with Gasteiger partial charge in [-0.05, 0) is 37.3 Å². The Morgan fingerprint density at radius 1 is 1.42 bits per heavy atom. The van der Waals surface area contributed by atoms with Crippen molar-refractivity contribution >= 4 is 11.6 Å². The lowest BCUT2D eigenvalue weighted by atomic mass is 10.1. The quantitative estimate of drug-likeness (QED) is 0.827. The molecular formula is C14H16N2O3. The van der Waals surface area contributed by atoms with Crippen LogP contribution in [0, 0.1) is 0 Å². The Morgan fingerprint density at radius 2 is 2.21 bits per heavy atom. The second kappa shape index (κ2) is 5.48. The molecule has 3 N–H and O–H groups in total. The predicted octanol–water partition coefficient (Wildman–Crippen LogP) is 2.36. The van der Waals surface area contributed by atoms with Gasteiger partial charge in [-0.2, -0.15) is 0 Å². The highest BCUT2D eigenvalue weighted by molar-refractivity contribution is 5.95. The maximum absolute atomic E-state index is 12.1. The number of furan rings is 1. The lowest BCUT2D eigenvalue weighted by molar-refractivity contribution is 0.0935. The fraction of sp³-hybridized carbons (Fsp3) is 0.214. The van der Waals surface area contributed by atoms with Gasteiger partial charge >= 0.3 is 0 Å². The van der Waals surface area contributed by atoms with Gasteiger partial charge in [0.2, 0.25) is 0 Å². The summed E-state index contributed by atoms with van der Waals surface area (Å²) in [6.45, 7) is 1.85. The van der Waals surface area contributed by atoms with Crippen LogP contribution in [0.4, 0.5) is 5.69 Å². The third-order valence-electron chi connectivity index (χ3n) is 2.81. The van der Waals surface area contributed by atoms with Gasteiger partial charge in [-0.1, -0.05) is 0 Å². The molecule has 0 saturated heterocycles. The van der Waals surface area contributed by atoms with Gasteiger partial charge < -0.3 is 20.2 Å². The van der Waals surface area contributed by atoms with Crippen LogP contribution in [0.1, 0.15) is 29.1 Å². The normalized spacial score (nSPS) is 11.9. The summed E-state index contributed by atoms with van der Waals surface area (Å²) >= 11 is 0. The van der Waals surface area contributed by atoms with E-state index in [1.807, 2.05) is 13.0 Å². The van der Waals surface area contributed by atoms with Crippen molar-refractivity contribution in [3.63, 3.8) is 0 Å². The molecule has 0 bridgehead atoms. The molecule has 2 aromatic rings. The van der Waals surface area contributed by atoms with Crippen LogP contribution < -0.4 is 15.8 Å². The number of carbonyl (C=O) groups is 1. The Hall–Kier alpha value is -2.43. The standard InChI is InChI=1S/C14H16N2O3/c1-9(12-4-3-7-19-12)16-14(17)10-5-6-11(15)13(8-10)18-2/h3-9H,15H2,1-2H3,(H,16,17). The average molecular weight is 260 g/mol. The van der Waals surface area contributed by atoms with Crippen LogP contribution in [-0.4, -0.2) is 13.0 Å². The third-order valence-corrected chi connectivity index (χ3v) is 2.81. The summed E-state index contributed by atoms with van der Waals surface area (Å²) in [5, 5.41) is 2.84. The van der Waals surface area contributed by atoms with E-state index >= 15 is 0 Å². The number of carbonyl (C=O) groups excluding carboxylic acids is 1. The van der Waals surface area contributed by atoms with E-state index in [0.717, 1.165) is 0 Å². The second-order valence-electron chi connectivity index (χ2n) is 4.17. The first-order valence-corrected chi connectivity index (χ1v) is 5.89. The van der Waals surface area contributed by atoms with Crippen molar-refractivity contribution in [1.82, 2.24) is 5.32 Å². The number of methoxy groups -OCH3 is 1. The van der Waals surface area contributed by atoms with Crippen molar-refractivity contribution in [1.29, 1.82) is 0 Å². The van der Waals surface area contributed by atoms with E-state index in [9.17, 15) is 4.79 Å². The molecule has 0 fully saturated rings. The summed E-state index contributed by atoms with van der Waals surface area (Å²) in [5.41, 5.74) is 6.70. The zero-order valence-corrected chi connectivity index (χ0v) is 10.8. The summed E-state index contributed by atoms with van der Waals surface area (Å²) in [5.74, 6) is 0.983.